The number of rotatable bonds is 9. The third kappa shape index (κ3) is 13.4. The molecule has 0 amide bonds. The summed E-state index contributed by atoms with van der Waals surface area (Å²) in [6, 6.07) is 0. The molecule has 0 rings (SSSR count). The zero-order valence-corrected chi connectivity index (χ0v) is 12.0. The molecule has 102 valence electrons. The van der Waals surface area contributed by atoms with Crippen molar-refractivity contribution in [2.24, 2.45) is 0 Å². The Bertz CT molecular complexity index is 197. The Morgan fingerprint density at radius 1 is 1.06 bits per heavy atom. The van der Waals surface area contributed by atoms with Crippen molar-refractivity contribution in [3.05, 3.63) is 0 Å². The van der Waals surface area contributed by atoms with Crippen LogP contribution in [0.2, 0.25) is 0 Å². The Hall–Kier alpha value is -0.570. The van der Waals surface area contributed by atoms with Gasteiger partial charge in [0.2, 0.25) is 0 Å². The van der Waals surface area contributed by atoms with E-state index in [9.17, 15) is 4.79 Å². The van der Waals surface area contributed by atoms with E-state index in [4.69, 9.17) is 4.74 Å². The van der Waals surface area contributed by atoms with Crippen LogP contribution in [-0.4, -0.2) is 24.7 Å². The van der Waals surface area contributed by atoms with Gasteiger partial charge in [0.25, 0.3) is 0 Å². The molecule has 0 fully saturated rings. The van der Waals surface area contributed by atoms with E-state index in [2.05, 4.69) is 26.1 Å². The smallest absolute Gasteiger partial charge is 0.305 e. The second-order valence-corrected chi connectivity index (χ2v) is 5.50. The van der Waals surface area contributed by atoms with Crippen LogP contribution in [-0.2, 0) is 9.53 Å². The van der Waals surface area contributed by atoms with Gasteiger partial charge in [-0.05, 0) is 47.1 Å². The zero-order chi connectivity index (χ0) is 13.1. The summed E-state index contributed by atoms with van der Waals surface area (Å²) in [6.07, 6.45) is 6.35. The minimum absolute atomic E-state index is 0.0538. The van der Waals surface area contributed by atoms with Crippen LogP contribution in [0.15, 0.2) is 0 Å². The lowest BCUT2D eigenvalue weighted by molar-refractivity contribution is -0.143. The first kappa shape index (κ1) is 16.4. The van der Waals surface area contributed by atoms with Crippen LogP contribution >= 0.6 is 0 Å². The Balaban J connectivity index is 3.16. The zero-order valence-electron chi connectivity index (χ0n) is 12.0. The molecule has 0 aromatic heterocycles. The van der Waals surface area contributed by atoms with E-state index in [0.717, 1.165) is 19.4 Å². The molecule has 0 saturated carbocycles. The van der Waals surface area contributed by atoms with Gasteiger partial charge in [-0.3, -0.25) is 4.79 Å². The molecule has 0 aromatic carbocycles. The van der Waals surface area contributed by atoms with E-state index in [1.165, 1.54) is 19.3 Å². The second kappa shape index (κ2) is 9.46. The van der Waals surface area contributed by atoms with Crippen LogP contribution in [0.3, 0.4) is 0 Å². The summed E-state index contributed by atoms with van der Waals surface area (Å²) in [7, 11) is 0. The third-order valence-corrected chi connectivity index (χ3v) is 2.52. The first-order chi connectivity index (χ1) is 7.95. The quantitative estimate of drug-likeness (QED) is 0.499. The molecule has 0 aliphatic heterocycles. The van der Waals surface area contributed by atoms with Crippen LogP contribution in [0.25, 0.3) is 0 Å². The number of carbonyl (C=O) groups is 1. The monoisotopic (exact) mass is 243 g/mol. The van der Waals surface area contributed by atoms with Crippen molar-refractivity contribution < 1.29 is 9.53 Å². The van der Waals surface area contributed by atoms with Gasteiger partial charge in [-0.2, -0.15) is 0 Å². The lowest BCUT2D eigenvalue weighted by atomic mass is 10.1. The second-order valence-electron chi connectivity index (χ2n) is 5.50. The van der Waals surface area contributed by atoms with Crippen molar-refractivity contribution in [1.29, 1.82) is 0 Å². The number of unbranched alkanes of at least 4 members (excludes halogenated alkanes) is 4. The van der Waals surface area contributed by atoms with Crippen LogP contribution in [0, 0.1) is 0 Å². The van der Waals surface area contributed by atoms with Gasteiger partial charge in [0.15, 0.2) is 0 Å². The van der Waals surface area contributed by atoms with Gasteiger partial charge < -0.3 is 10.1 Å². The summed E-state index contributed by atoms with van der Waals surface area (Å²) in [5, 5.41) is 3.47. The van der Waals surface area contributed by atoms with Gasteiger partial charge in [-0.15, -0.1) is 0 Å². The SMILES string of the molecule is CCOC(=O)CCCCCCCNC(C)(C)C. The van der Waals surface area contributed by atoms with Gasteiger partial charge in [0, 0.05) is 12.0 Å². The standard InChI is InChI=1S/C14H29NO2/c1-5-17-13(16)11-9-7-6-8-10-12-15-14(2,3)4/h15H,5-12H2,1-4H3. The van der Waals surface area contributed by atoms with Crippen molar-refractivity contribution in [3.63, 3.8) is 0 Å². The molecule has 17 heavy (non-hydrogen) atoms. The molecule has 0 spiro atoms. The molecule has 0 radical (unpaired) electrons. The van der Waals surface area contributed by atoms with Gasteiger partial charge in [0.1, 0.15) is 0 Å². The third-order valence-electron chi connectivity index (χ3n) is 2.52. The molecule has 0 unspecified atom stereocenters. The molecular formula is C14H29NO2. The van der Waals surface area contributed by atoms with Crippen molar-refractivity contribution in [2.75, 3.05) is 13.2 Å². The number of esters is 1. The molecule has 1 N–H and O–H groups in total. The average molecular weight is 243 g/mol. The molecule has 0 aliphatic rings. The van der Waals surface area contributed by atoms with Crippen LogP contribution in [0.1, 0.15) is 66.2 Å². The summed E-state index contributed by atoms with van der Waals surface area (Å²) < 4.78 is 4.88. The molecule has 3 nitrogen and oxygen atoms in total. The summed E-state index contributed by atoms with van der Waals surface area (Å²) in [4.78, 5) is 11.1. The van der Waals surface area contributed by atoms with E-state index in [-0.39, 0.29) is 11.5 Å². The molecule has 3 heteroatoms. The number of hydrogen-bond donors (Lipinski definition) is 1. The number of carbonyl (C=O) groups excluding carboxylic acids is 1. The predicted octanol–water partition coefficient (Wildman–Crippen LogP) is 3.28. The lowest BCUT2D eigenvalue weighted by Gasteiger charge is -2.20. The Morgan fingerprint density at radius 3 is 2.24 bits per heavy atom. The van der Waals surface area contributed by atoms with Gasteiger partial charge in [-0.1, -0.05) is 19.3 Å². The van der Waals surface area contributed by atoms with Crippen LogP contribution in [0.5, 0.6) is 0 Å². The first-order valence-corrected chi connectivity index (χ1v) is 6.86. The highest BCUT2D eigenvalue weighted by atomic mass is 16.5. The highest BCUT2D eigenvalue weighted by molar-refractivity contribution is 5.69. The van der Waals surface area contributed by atoms with Crippen molar-refractivity contribution >= 4 is 5.97 Å². The number of ether oxygens (including phenoxy) is 1. The maximum atomic E-state index is 11.1. The molecule has 0 saturated heterocycles. The fourth-order valence-electron chi connectivity index (χ4n) is 1.62. The van der Waals surface area contributed by atoms with E-state index < -0.39 is 0 Å². The normalized spacial score (nSPS) is 11.5. The summed E-state index contributed by atoms with van der Waals surface area (Å²) >= 11 is 0. The van der Waals surface area contributed by atoms with Gasteiger partial charge in [-0.25, -0.2) is 0 Å². The van der Waals surface area contributed by atoms with Crippen molar-refractivity contribution in [2.45, 2.75) is 71.8 Å². The van der Waals surface area contributed by atoms with Crippen molar-refractivity contribution in [3.8, 4) is 0 Å². The number of hydrogen-bond acceptors (Lipinski definition) is 3. The fraction of sp³-hybridized carbons (Fsp3) is 0.929. The topological polar surface area (TPSA) is 38.3 Å². The highest BCUT2D eigenvalue weighted by Gasteiger charge is 2.06. The summed E-state index contributed by atoms with van der Waals surface area (Å²) in [5.41, 5.74) is 0.226. The van der Waals surface area contributed by atoms with Crippen LogP contribution in [0.4, 0.5) is 0 Å². The molecule has 0 atom stereocenters. The lowest BCUT2D eigenvalue weighted by Crippen LogP contribution is -2.36. The Kier molecular flexibility index (Phi) is 9.14. The molecular weight excluding hydrogens is 214 g/mol. The molecule has 0 heterocycles. The number of nitrogens with one attached hydrogen (secondary N) is 1. The van der Waals surface area contributed by atoms with Gasteiger partial charge >= 0.3 is 5.97 Å². The maximum absolute atomic E-state index is 11.1. The van der Waals surface area contributed by atoms with E-state index in [1.54, 1.807) is 0 Å². The van der Waals surface area contributed by atoms with E-state index in [1.807, 2.05) is 6.92 Å². The van der Waals surface area contributed by atoms with Gasteiger partial charge in [0.05, 0.1) is 6.61 Å². The first-order valence-electron chi connectivity index (χ1n) is 6.86. The molecule has 0 bridgehead atoms. The molecule has 0 aliphatic carbocycles. The Morgan fingerprint density at radius 2 is 1.65 bits per heavy atom. The van der Waals surface area contributed by atoms with E-state index >= 15 is 0 Å². The predicted molar refractivity (Wildman–Crippen MR) is 72.1 cm³/mol. The summed E-state index contributed by atoms with van der Waals surface area (Å²) in [5.74, 6) is -0.0538. The Labute approximate surface area is 106 Å². The van der Waals surface area contributed by atoms with E-state index in [0.29, 0.717) is 13.0 Å². The minimum atomic E-state index is -0.0538. The minimum Gasteiger partial charge on any atom is -0.466 e. The maximum Gasteiger partial charge on any atom is 0.305 e. The molecule has 0 aromatic rings. The fourth-order valence-corrected chi connectivity index (χ4v) is 1.62. The highest BCUT2D eigenvalue weighted by Crippen LogP contribution is 2.06. The van der Waals surface area contributed by atoms with Crippen LogP contribution < -0.4 is 5.32 Å². The van der Waals surface area contributed by atoms with Crippen molar-refractivity contribution in [1.82, 2.24) is 5.32 Å². The summed E-state index contributed by atoms with van der Waals surface area (Å²) in [6.45, 7) is 9.99. The largest absolute Gasteiger partial charge is 0.466 e. The average Bonchev–Trinajstić information content (AvgIpc) is 2.21.